The van der Waals surface area contributed by atoms with Gasteiger partial charge in [0.1, 0.15) is 17.8 Å². The summed E-state index contributed by atoms with van der Waals surface area (Å²) in [6, 6.07) is 10.1. The normalized spacial score (nSPS) is 14.8. The SMILES string of the molecule is CSCCC(N)C(=O)NC(Cc1ccccc1)C(=O)NC(Cc1ccc(O)cc1)C(=O)NC(C(=O)O)C(C)O. The Hall–Kier alpha value is -3.61. The quantitative estimate of drug-likeness (QED) is 0.159. The molecule has 8 N–H and O–H groups in total. The highest BCUT2D eigenvalue weighted by Gasteiger charge is 2.32. The number of amides is 3. The van der Waals surface area contributed by atoms with E-state index >= 15 is 0 Å². The molecular formula is C27H36N4O7S. The molecule has 0 aliphatic carbocycles. The number of thioether (sulfide) groups is 1. The molecule has 2 rings (SSSR count). The van der Waals surface area contributed by atoms with Gasteiger partial charge in [-0.05, 0) is 48.6 Å². The van der Waals surface area contributed by atoms with Crippen LogP contribution in [0.15, 0.2) is 54.6 Å². The van der Waals surface area contributed by atoms with Gasteiger partial charge in [-0.3, -0.25) is 14.4 Å². The Labute approximate surface area is 231 Å². The molecule has 3 amide bonds. The maximum Gasteiger partial charge on any atom is 0.328 e. The number of benzene rings is 2. The first kappa shape index (κ1) is 31.6. The number of phenolic OH excluding ortho intramolecular Hbond substituents is 1. The average molecular weight is 561 g/mol. The first-order chi connectivity index (χ1) is 18.5. The van der Waals surface area contributed by atoms with E-state index in [1.807, 2.05) is 12.3 Å². The summed E-state index contributed by atoms with van der Waals surface area (Å²) in [6.45, 7) is 1.22. The van der Waals surface area contributed by atoms with Gasteiger partial charge in [-0.25, -0.2) is 4.79 Å². The van der Waals surface area contributed by atoms with Crippen molar-refractivity contribution in [2.75, 3.05) is 12.0 Å². The van der Waals surface area contributed by atoms with Gasteiger partial charge in [0, 0.05) is 12.8 Å². The van der Waals surface area contributed by atoms with E-state index in [9.17, 15) is 34.5 Å². The maximum atomic E-state index is 13.5. The van der Waals surface area contributed by atoms with Crippen LogP contribution >= 0.6 is 11.8 Å². The zero-order chi connectivity index (χ0) is 28.9. The van der Waals surface area contributed by atoms with Gasteiger partial charge in [-0.2, -0.15) is 11.8 Å². The summed E-state index contributed by atoms with van der Waals surface area (Å²) >= 11 is 1.54. The molecule has 0 aliphatic rings. The highest BCUT2D eigenvalue weighted by molar-refractivity contribution is 7.98. The molecule has 11 nitrogen and oxygen atoms in total. The van der Waals surface area contributed by atoms with Crippen LogP contribution in [0.2, 0.25) is 0 Å². The highest BCUT2D eigenvalue weighted by atomic mass is 32.2. The number of hydrogen-bond acceptors (Lipinski definition) is 8. The summed E-state index contributed by atoms with van der Waals surface area (Å²) in [6.07, 6.45) is 0.969. The van der Waals surface area contributed by atoms with Gasteiger partial charge >= 0.3 is 5.97 Å². The number of rotatable bonds is 15. The van der Waals surface area contributed by atoms with Gasteiger partial charge in [0.2, 0.25) is 17.7 Å². The predicted molar refractivity (Wildman–Crippen MR) is 148 cm³/mol. The Bertz CT molecular complexity index is 1100. The number of carbonyl (C=O) groups is 4. The lowest BCUT2D eigenvalue weighted by Crippen LogP contribution is -2.59. The molecule has 0 heterocycles. The fourth-order valence-electron chi connectivity index (χ4n) is 3.71. The number of aliphatic hydroxyl groups is 1. The molecule has 0 aliphatic heterocycles. The third-order valence-electron chi connectivity index (χ3n) is 5.94. The Balaban J connectivity index is 2.31. The minimum atomic E-state index is -1.61. The first-order valence-corrected chi connectivity index (χ1v) is 13.8. The van der Waals surface area contributed by atoms with Crippen molar-refractivity contribution in [1.29, 1.82) is 0 Å². The van der Waals surface area contributed by atoms with Crippen molar-refractivity contribution in [3.8, 4) is 5.75 Å². The Morgan fingerprint density at radius 3 is 1.87 bits per heavy atom. The number of carbonyl (C=O) groups excluding carboxylic acids is 3. The lowest BCUT2D eigenvalue weighted by Gasteiger charge is -2.26. The molecule has 0 fully saturated rings. The van der Waals surface area contributed by atoms with E-state index in [0.29, 0.717) is 17.7 Å². The van der Waals surface area contributed by atoms with E-state index in [0.717, 1.165) is 5.56 Å². The number of aromatic hydroxyl groups is 1. The number of nitrogens with one attached hydrogen (secondary N) is 3. The standard InChI is InChI=1S/C27H36N4O7S/c1-16(32)23(27(37)38)31-26(36)22(15-18-8-10-19(33)11-9-18)30-25(35)21(14-17-6-4-3-5-7-17)29-24(34)20(28)12-13-39-2/h3-11,16,20-23,32-33H,12-15,28H2,1-2H3,(H,29,34)(H,30,35)(H,31,36)(H,37,38). The predicted octanol–water partition coefficient (Wildman–Crippen LogP) is 0.178. The van der Waals surface area contributed by atoms with Crippen LogP contribution in [0.25, 0.3) is 0 Å². The van der Waals surface area contributed by atoms with E-state index < -0.39 is 54.0 Å². The van der Waals surface area contributed by atoms with Crippen molar-refractivity contribution < 1.29 is 34.5 Å². The lowest BCUT2D eigenvalue weighted by atomic mass is 10.0. The Kier molecular flexibility index (Phi) is 12.7. The fourth-order valence-corrected chi connectivity index (χ4v) is 4.20. The van der Waals surface area contributed by atoms with E-state index in [2.05, 4.69) is 16.0 Å². The van der Waals surface area contributed by atoms with Gasteiger partial charge in [0.25, 0.3) is 0 Å². The van der Waals surface area contributed by atoms with Crippen LogP contribution in [0.4, 0.5) is 0 Å². The molecule has 0 radical (unpaired) electrons. The maximum absolute atomic E-state index is 13.5. The van der Waals surface area contributed by atoms with E-state index in [-0.39, 0.29) is 18.6 Å². The van der Waals surface area contributed by atoms with Gasteiger partial charge in [0.15, 0.2) is 6.04 Å². The molecule has 0 spiro atoms. The van der Waals surface area contributed by atoms with Crippen molar-refractivity contribution >= 4 is 35.5 Å². The van der Waals surface area contributed by atoms with Gasteiger partial charge in [-0.1, -0.05) is 42.5 Å². The third-order valence-corrected chi connectivity index (χ3v) is 6.58. The summed E-state index contributed by atoms with van der Waals surface area (Å²) in [4.78, 5) is 50.9. The molecule has 0 saturated carbocycles. The van der Waals surface area contributed by atoms with Crippen LogP contribution in [-0.2, 0) is 32.0 Å². The number of aliphatic hydroxyl groups excluding tert-OH is 1. The second-order valence-electron chi connectivity index (χ2n) is 9.14. The molecule has 0 bridgehead atoms. The largest absolute Gasteiger partial charge is 0.508 e. The third kappa shape index (κ3) is 10.6. The fraction of sp³-hybridized carbons (Fsp3) is 0.407. The number of phenols is 1. The van der Waals surface area contributed by atoms with Gasteiger partial charge in [0.05, 0.1) is 12.1 Å². The first-order valence-electron chi connectivity index (χ1n) is 12.4. The molecule has 0 aromatic heterocycles. The minimum Gasteiger partial charge on any atom is -0.508 e. The van der Waals surface area contributed by atoms with Crippen LogP contribution in [-0.4, -0.2) is 81.3 Å². The van der Waals surface area contributed by atoms with E-state index in [1.165, 1.54) is 30.8 Å². The van der Waals surface area contributed by atoms with E-state index in [4.69, 9.17) is 5.73 Å². The summed E-state index contributed by atoms with van der Waals surface area (Å²) in [7, 11) is 0. The molecule has 0 saturated heterocycles. The van der Waals surface area contributed by atoms with Crippen molar-refractivity contribution in [1.82, 2.24) is 16.0 Å². The molecule has 39 heavy (non-hydrogen) atoms. The smallest absolute Gasteiger partial charge is 0.328 e. The van der Waals surface area contributed by atoms with Crippen LogP contribution in [0, 0.1) is 0 Å². The minimum absolute atomic E-state index is 0.00674. The van der Waals surface area contributed by atoms with Crippen LogP contribution < -0.4 is 21.7 Å². The molecule has 5 atom stereocenters. The highest BCUT2D eigenvalue weighted by Crippen LogP contribution is 2.13. The molecule has 2 aromatic rings. The Morgan fingerprint density at radius 2 is 1.36 bits per heavy atom. The van der Waals surface area contributed by atoms with Crippen molar-refractivity contribution in [3.63, 3.8) is 0 Å². The second-order valence-corrected chi connectivity index (χ2v) is 10.1. The summed E-state index contributed by atoms with van der Waals surface area (Å²) < 4.78 is 0. The molecule has 212 valence electrons. The molecule has 2 aromatic carbocycles. The van der Waals surface area contributed by atoms with Crippen molar-refractivity contribution in [3.05, 3.63) is 65.7 Å². The van der Waals surface area contributed by atoms with Crippen molar-refractivity contribution in [2.45, 2.75) is 56.5 Å². The summed E-state index contributed by atoms with van der Waals surface area (Å²) in [5.41, 5.74) is 7.33. The van der Waals surface area contributed by atoms with Crippen molar-refractivity contribution in [2.24, 2.45) is 5.73 Å². The zero-order valence-corrected chi connectivity index (χ0v) is 22.7. The number of hydrogen-bond donors (Lipinski definition) is 7. The van der Waals surface area contributed by atoms with Gasteiger partial charge < -0.3 is 37.0 Å². The second kappa shape index (κ2) is 15.7. The lowest BCUT2D eigenvalue weighted by molar-refractivity contribution is -0.145. The number of nitrogens with two attached hydrogens (primary N) is 1. The summed E-state index contributed by atoms with van der Waals surface area (Å²) in [5, 5.41) is 36.4. The topological polar surface area (TPSA) is 191 Å². The van der Waals surface area contributed by atoms with E-state index in [1.54, 1.807) is 36.4 Å². The summed E-state index contributed by atoms with van der Waals surface area (Å²) in [5.74, 6) is -2.81. The van der Waals surface area contributed by atoms with Gasteiger partial charge in [-0.15, -0.1) is 0 Å². The molecule has 12 heteroatoms. The van der Waals surface area contributed by atoms with Crippen LogP contribution in [0.5, 0.6) is 5.75 Å². The van der Waals surface area contributed by atoms with Crippen LogP contribution in [0.3, 0.4) is 0 Å². The average Bonchev–Trinajstić information content (AvgIpc) is 2.90. The van der Waals surface area contributed by atoms with Crippen LogP contribution in [0.1, 0.15) is 24.5 Å². The number of carboxylic acids is 1. The number of aliphatic carboxylic acids is 1. The molecular weight excluding hydrogens is 524 g/mol. The Morgan fingerprint density at radius 1 is 0.846 bits per heavy atom. The monoisotopic (exact) mass is 560 g/mol. The number of carboxylic acid groups (broad SMARTS) is 1. The molecule has 5 unspecified atom stereocenters. The zero-order valence-electron chi connectivity index (χ0n) is 21.9.